The number of para-hydroxylation sites is 1. The van der Waals surface area contributed by atoms with Gasteiger partial charge in [0.15, 0.2) is 6.04 Å². The third kappa shape index (κ3) is 1.25. The van der Waals surface area contributed by atoms with E-state index in [1.165, 1.54) is 5.01 Å². The Bertz CT molecular complexity index is 401. The van der Waals surface area contributed by atoms with Crippen molar-refractivity contribution in [2.75, 3.05) is 5.01 Å². The van der Waals surface area contributed by atoms with Gasteiger partial charge >= 0.3 is 5.97 Å². The predicted molar refractivity (Wildman–Crippen MR) is 53.6 cm³/mol. The highest BCUT2D eigenvalue weighted by Crippen LogP contribution is 2.25. The lowest BCUT2D eigenvalue weighted by Gasteiger charge is -2.28. The van der Waals surface area contributed by atoms with Gasteiger partial charge in [-0.1, -0.05) is 24.3 Å². The zero-order valence-electron chi connectivity index (χ0n) is 7.42. The summed E-state index contributed by atoms with van der Waals surface area (Å²) in [6.07, 6.45) is 3.35. The van der Waals surface area contributed by atoms with Gasteiger partial charge in [0.05, 0.1) is 5.69 Å². The fourth-order valence-electron chi connectivity index (χ4n) is 1.50. The van der Waals surface area contributed by atoms with Crippen LogP contribution in [0.25, 0.3) is 6.08 Å². The lowest BCUT2D eigenvalue weighted by Crippen LogP contribution is -2.46. The summed E-state index contributed by atoms with van der Waals surface area (Å²) in [4.78, 5) is 10.8. The maximum Gasteiger partial charge on any atom is 0.331 e. The number of aliphatic carboxylic acids is 1. The van der Waals surface area contributed by atoms with Crippen LogP contribution in [0.1, 0.15) is 5.56 Å². The van der Waals surface area contributed by atoms with Gasteiger partial charge in [-0.15, -0.1) is 0 Å². The van der Waals surface area contributed by atoms with Crippen molar-refractivity contribution < 1.29 is 9.90 Å². The number of rotatable bonds is 1. The van der Waals surface area contributed by atoms with Crippen LogP contribution >= 0.6 is 0 Å². The number of benzene rings is 1. The topological polar surface area (TPSA) is 66.6 Å². The quantitative estimate of drug-likeness (QED) is 0.644. The molecule has 0 fully saturated rings. The molecule has 0 spiro atoms. The van der Waals surface area contributed by atoms with E-state index in [9.17, 15) is 4.79 Å². The van der Waals surface area contributed by atoms with Gasteiger partial charge in [0.25, 0.3) is 0 Å². The maximum absolute atomic E-state index is 10.8. The molecule has 0 aromatic heterocycles. The molecule has 0 bridgehead atoms. The number of nitrogens with two attached hydrogens (primary N) is 1. The normalized spacial score (nSPS) is 19.2. The van der Waals surface area contributed by atoms with Crippen LogP contribution < -0.4 is 10.9 Å². The molecular formula is C10H10N2O2. The van der Waals surface area contributed by atoms with Crippen molar-refractivity contribution in [3.63, 3.8) is 0 Å². The molecule has 1 aliphatic rings. The second-order valence-corrected chi connectivity index (χ2v) is 3.11. The van der Waals surface area contributed by atoms with Gasteiger partial charge in [-0.2, -0.15) is 0 Å². The van der Waals surface area contributed by atoms with E-state index in [-0.39, 0.29) is 0 Å². The van der Waals surface area contributed by atoms with Gasteiger partial charge in [-0.05, 0) is 17.7 Å². The molecule has 3 N–H and O–H groups in total. The lowest BCUT2D eigenvalue weighted by molar-refractivity contribution is -0.137. The molecule has 1 atom stereocenters. The Morgan fingerprint density at radius 1 is 1.43 bits per heavy atom. The number of nitrogens with zero attached hydrogens (tertiary/aromatic N) is 1. The molecule has 0 saturated heterocycles. The van der Waals surface area contributed by atoms with Crippen LogP contribution in [0.2, 0.25) is 0 Å². The van der Waals surface area contributed by atoms with Crippen LogP contribution in [0.4, 0.5) is 5.69 Å². The largest absolute Gasteiger partial charge is 0.479 e. The van der Waals surface area contributed by atoms with E-state index in [1.807, 2.05) is 18.2 Å². The van der Waals surface area contributed by atoms with E-state index in [2.05, 4.69) is 0 Å². The number of hydrazine groups is 1. The van der Waals surface area contributed by atoms with E-state index < -0.39 is 12.0 Å². The highest BCUT2D eigenvalue weighted by atomic mass is 16.4. The Hall–Kier alpha value is -1.81. The first-order valence-electron chi connectivity index (χ1n) is 4.24. The summed E-state index contributed by atoms with van der Waals surface area (Å²) in [5.74, 6) is 4.75. The van der Waals surface area contributed by atoms with E-state index in [0.29, 0.717) is 0 Å². The summed E-state index contributed by atoms with van der Waals surface area (Å²) in [6.45, 7) is 0. The summed E-state index contributed by atoms with van der Waals surface area (Å²) in [5.41, 5.74) is 1.68. The molecule has 1 aliphatic heterocycles. The van der Waals surface area contributed by atoms with E-state index in [0.717, 1.165) is 11.3 Å². The third-order valence-corrected chi connectivity index (χ3v) is 2.23. The van der Waals surface area contributed by atoms with Gasteiger partial charge in [-0.25, -0.2) is 10.6 Å². The molecule has 0 amide bonds. The highest BCUT2D eigenvalue weighted by Gasteiger charge is 2.24. The molecule has 0 saturated carbocycles. The number of carbonyl (C=O) groups is 1. The summed E-state index contributed by atoms with van der Waals surface area (Å²) in [7, 11) is 0. The zero-order valence-corrected chi connectivity index (χ0v) is 7.42. The van der Waals surface area contributed by atoms with Gasteiger partial charge in [-0.3, -0.25) is 5.01 Å². The maximum atomic E-state index is 10.8. The summed E-state index contributed by atoms with van der Waals surface area (Å²) >= 11 is 0. The van der Waals surface area contributed by atoms with E-state index in [1.54, 1.807) is 18.2 Å². The number of carboxylic acids is 1. The van der Waals surface area contributed by atoms with Crippen LogP contribution in [0, 0.1) is 0 Å². The average Bonchev–Trinajstić information content (AvgIpc) is 2.18. The first-order chi connectivity index (χ1) is 6.70. The number of hydrogen-bond donors (Lipinski definition) is 2. The molecule has 14 heavy (non-hydrogen) atoms. The van der Waals surface area contributed by atoms with Gasteiger partial charge < -0.3 is 5.11 Å². The fraction of sp³-hybridized carbons (Fsp3) is 0.100. The molecule has 2 rings (SSSR count). The Morgan fingerprint density at radius 3 is 2.86 bits per heavy atom. The summed E-state index contributed by atoms with van der Waals surface area (Å²) < 4.78 is 0. The standard InChI is InChI=1S/C10H10N2O2/c11-12-8-4-2-1-3-7(8)5-6-9(12)10(13)14/h1-6,9H,11H2,(H,13,14). The van der Waals surface area contributed by atoms with Gasteiger partial charge in [0.2, 0.25) is 0 Å². The van der Waals surface area contributed by atoms with Crippen LogP contribution in [0.5, 0.6) is 0 Å². The number of hydrogen-bond acceptors (Lipinski definition) is 3. The van der Waals surface area contributed by atoms with Gasteiger partial charge in [0.1, 0.15) is 0 Å². The van der Waals surface area contributed by atoms with Crippen molar-refractivity contribution in [1.29, 1.82) is 0 Å². The monoisotopic (exact) mass is 190 g/mol. The van der Waals surface area contributed by atoms with Crippen molar-refractivity contribution in [1.82, 2.24) is 0 Å². The van der Waals surface area contributed by atoms with Crippen LogP contribution in [0.15, 0.2) is 30.3 Å². The Labute approximate surface area is 81.2 Å². The van der Waals surface area contributed by atoms with Gasteiger partial charge in [0, 0.05) is 0 Å². The Morgan fingerprint density at radius 2 is 2.14 bits per heavy atom. The molecule has 4 heteroatoms. The first-order valence-corrected chi connectivity index (χ1v) is 4.24. The predicted octanol–water partition coefficient (Wildman–Crippen LogP) is 0.847. The molecule has 1 aromatic rings. The molecule has 1 heterocycles. The SMILES string of the molecule is NN1c2ccccc2C=CC1C(=O)O. The minimum absolute atomic E-state index is 0.738. The minimum atomic E-state index is -0.946. The molecule has 1 aromatic carbocycles. The van der Waals surface area contributed by atoms with Crippen LogP contribution in [-0.4, -0.2) is 17.1 Å². The fourth-order valence-corrected chi connectivity index (χ4v) is 1.50. The van der Waals surface area contributed by atoms with Crippen molar-refractivity contribution in [3.05, 3.63) is 35.9 Å². The summed E-state index contributed by atoms with van der Waals surface area (Å²) in [5, 5.41) is 10.1. The van der Waals surface area contributed by atoms with E-state index in [4.69, 9.17) is 10.9 Å². The Kier molecular flexibility index (Phi) is 1.98. The average molecular weight is 190 g/mol. The molecular weight excluding hydrogens is 180 g/mol. The minimum Gasteiger partial charge on any atom is -0.479 e. The third-order valence-electron chi connectivity index (χ3n) is 2.23. The molecule has 72 valence electrons. The number of carboxylic acid groups (broad SMARTS) is 1. The van der Waals surface area contributed by atoms with Crippen molar-refractivity contribution in [3.8, 4) is 0 Å². The van der Waals surface area contributed by atoms with Crippen molar-refractivity contribution >= 4 is 17.7 Å². The highest BCUT2D eigenvalue weighted by molar-refractivity contribution is 5.86. The molecule has 0 radical (unpaired) electrons. The van der Waals surface area contributed by atoms with Crippen LogP contribution in [0.3, 0.4) is 0 Å². The van der Waals surface area contributed by atoms with Crippen molar-refractivity contribution in [2.45, 2.75) is 6.04 Å². The second-order valence-electron chi connectivity index (χ2n) is 3.11. The second kappa shape index (κ2) is 3.16. The molecule has 1 unspecified atom stereocenters. The van der Waals surface area contributed by atoms with Crippen molar-refractivity contribution in [2.24, 2.45) is 5.84 Å². The number of anilines is 1. The zero-order chi connectivity index (χ0) is 10.1. The smallest absolute Gasteiger partial charge is 0.331 e. The lowest BCUT2D eigenvalue weighted by atomic mass is 10.1. The van der Waals surface area contributed by atoms with E-state index >= 15 is 0 Å². The summed E-state index contributed by atoms with van der Waals surface area (Å²) in [6, 6.07) is 6.64. The van der Waals surface area contributed by atoms with Crippen LogP contribution in [-0.2, 0) is 4.79 Å². The first kappa shape index (κ1) is 8.77. The Balaban J connectivity index is 2.44. The molecule has 0 aliphatic carbocycles. The molecule has 4 nitrogen and oxygen atoms in total. The number of fused-ring (bicyclic) bond motifs is 1.